The lowest BCUT2D eigenvalue weighted by atomic mass is 9.81. The van der Waals surface area contributed by atoms with E-state index in [1.165, 1.54) is 17.4 Å². The molecule has 3 aromatic heterocycles. The van der Waals surface area contributed by atoms with E-state index in [1.807, 2.05) is 13.0 Å². The maximum Gasteiger partial charge on any atom is 0.338 e. The Bertz CT molecular complexity index is 1860. The fourth-order valence-electron chi connectivity index (χ4n) is 5.03. The Morgan fingerprint density at radius 3 is 2.82 bits per heavy atom. The van der Waals surface area contributed by atoms with Crippen LogP contribution in [0.5, 0.6) is 17.2 Å². The van der Waals surface area contributed by atoms with Crippen LogP contribution in [0.3, 0.4) is 0 Å². The molecule has 0 fully saturated rings. The number of ether oxygens (including phenoxy) is 2. The van der Waals surface area contributed by atoms with Crippen LogP contribution >= 0.6 is 11.3 Å². The van der Waals surface area contributed by atoms with Gasteiger partial charge in [0.25, 0.3) is 5.89 Å². The number of carboxylic acids is 1. The number of hydrogen-bond acceptors (Lipinski definition) is 12. The predicted octanol–water partition coefficient (Wildman–Crippen LogP) is 4.19. The van der Waals surface area contributed by atoms with Crippen molar-refractivity contribution in [2.75, 3.05) is 18.5 Å². The van der Waals surface area contributed by atoms with Crippen molar-refractivity contribution in [2.24, 2.45) is 0 Å². The van der Waals surface area contributed by atoms with Crippen LogP contribution < -0.4 is 20.1 Å². The maximum absolute atomic E-state index is 14.5. The van der Waals surface area contributed by atoms with Gasteiger partial charge in [0.2, 0.25) is 11.8 Å². The standard InChI is InChI=1S/C29H27FN8O6S/c1-16-34-36-26(43-16)22-15-38(37-35-22)8-9-42-23-11-17-5-6-32-29(2,14-25(39)33-28-31-7-10-45-28)20(17)13-24(23)44-18-3-4-19(27(40)41)21(30)12-18/h3-4,7,10-13,15,32H,5-6,8-9,14H2,1-2H3,(H,40,41)(H,31,33,39). The van der Waals surface area contributed by atoms with Crippen LogP contribution in [-0.2, 0) is 23.3 Å². The number of rotatable bonds is 11. The van der Waals surface area contributed by atoms with Crippen molar-refractivity contribution in [1.82, 2.24) is 35.5 Å². The molecule has 232 valence electrons. The number of amides is 1. The average Bonchev–Trinajstić information content (AvgIpc) is 3.76. The number of aromatic nitrogens is 6. The maximum atomic E-state index is 14.5. The van der Waals surface area contributed by atoms with Gasteiger partial charge in [-0.15, -0.1) is 26.6 Å². The second kappa shape index (κ2) is 12.4. The Balaban J connectivity index is 1.26. The van der Waals surface area contributed by atoms with Crippen LogP contribution in [0, 0.1) is 12.7 Å². The molecule has 1 aliphatic rings. The van der Waals surface area contributed by atoms with Crippen molar-refractivity contribution in [3.63, 3.8) is 0 Å². The first kappa shape index (κ1) is 29.8. The van der Waals surface area contributed by atoms with Crippen LogP contribution in [0.15, 0.2) is 52.5 Å². The zero-order valence-electron chi connectivity index (χ0n) is 24.1. The summed E-state index contributed by atoms with van der Waals surface area (Å²) >= 11 is 1.33. The molecule has 0 aliphatic carbocycles. The summed E-state index contributed by atoms with van der Waals surface area (Å²) in [6, 6.07) is 7.11. The first-order chi connectivity index (χ1) is 21.7. The quantitative estimate of drug-likeness (QED) is 0.189. The van der Waals surface area contributed by atoms with Crippen LogP contribution in [0.4, 0.5) is 9.52 Å². The van der Waals surface area contributed by atoms with Gasteiger partial charge < -0.3 is 29.6 Å². The molecule has 3 N–H and O–H groups in total. The number of thiazole rings is 1. The molecule has 45 heavy (non-hydrogen) atoms. The minimum atomic E-state index is -1.39. The molecule has 0 spiro atoms. The number of halogens is 1. The number of carboxylic acid groups (broad SMARTS) is 1. The molecule has 5 aromatic rings. The number of anilines is 1. The van der Waals surface area contributed by atoms with Gasteiger partial charge >= 0.3 is 5.97 Å². The van der Waals surface area contributed by atoms with Crippen molar-refractivity contribution >= 4 is 28.3 Å². The van der Waals surface area contributed by atoms with Gasteiger partial charge in [0.05, 0.1) is 18.3 Å². The van der Waals surface area contributed by atoms with Gasteiger partial charge in [-0.2, -0.15) is 0 Å². The Morgan fingerprint density at radius 2 is 2.09 bits per heavy atom. The molecule has 16 heteroatoms. The Kier molecular flexibility index (Phi) is 8.23. The monoisotopic (exact) mass is 634 g/mol. The van der Waals surface area contributed by atoms with E-state index in [4.69, 9.17) is 13.9 Å². The molecular formula is C29H27FN8O6S. The molecule has 0 saturated carbocycles. The highest BCUT2D eigenvalue weighted by Gasteiger charge is 2.35. The number of carbonyl (C=O) groups is 2. The van der Waals surface area contributed by atoms with Gasteiger partial charge in [-0.05, 0) is 48.7 Å². The number of nitrogens with zero attached hydrogens (tertiary/aromatic N) is 6. The van der Waals surface area contributed by atoms with E-state index in [9.17, 15) is 19.1 Å². The summed E-state index contributed by atoms with van der Waals surface area (Å²) in [5.74, 6) is -1.18. The molecular weight excluding hydrogens is 607 g/mol. The fourth-order valence-corrected chi connectivity index (χ4v) is 5.57. The lowest BCUT2D eigenvalue weighted by Gasteiger charge is -2.37. The minimum absolute atomic E-state index is 0.0741. The molecule has 1 unspecified atom stereocenters. The van der Waals surface area contributed by atoms with E-state index in [0.29, 0.717) is 42.0 Å². The highest BCUT2D eigenvalue weighted by Crippen LogP contribution is 2.41. The van der Waals surface area contributed by atoms with Crippen LogP contribution in [0.2, 0.25) is 0 Å². The zero-order chi connectivity index (χ0) is 31.6. The molecule has 14 nitrogen and oxygen atoms in total. The molecule has 0 saturated heterocycles. The molecule has 1 amide bonds. The molecule has 6 rings (SSSR count). The molecule has 2 aromatic carbocycles. The largest absolute Gasteiger partial charge is 0.488 e. The predicted molar refractivity (Wildman–Crippen MR) is 158 cm³/mol. The lowest BCUT2D eigenvalue weighted by Crippen LogP contribution is -2.47. The Labute approximate surface area is 259 Å². The van der Waals surface area contributed by atoms with E-state index in [2.05, 4.69) is 36.1 Å². The number of aryl methyl sites for hydroxylation is 1. The van der Waals surface area contributed by atoms with E-state index in [0.717, 1.165) is 23.3 Å². The van der Waals surface area contributed by atoms with Crippen LogP contribution in [0.25, 0.3) is 11.6 Å². The zero-order valence-corrected chi connectivity index (χ0v) is 24.9. The molecule has 0 bridgehead atoms. The SMILES string of the molecule is Cc1nnc(-c2cn(CCOc3cc4c(cc3Oc3ccc(C(=O)O)c(F)c3)C(C)(CC(=O)Nc3nccs3)NCC4)nn2)o1. The minimum Gasteiger partial charge on any atom is -0.488 e. The number of benzene rings is 2. The van der Waals surface area contributed by atoms with E-state index in [1.54, 1.807) is 35.4 Å². The van der Waals surface area contributed by atoms with E-state index in [-0.39, 0.29) is 36.3 Å². The van der Waals surface area contributed by atoms with Crippen molar-refractivity contribution < 1.29 is 33.0 Å². The summed E-state index contributed by atoms with van der Waals surface area (Å²) in [5, 5.41) is 33.7. The lowest BCUT2D eigenvalue weighted by molar-refractivity contribution is -0.117. The van der Waals surface area contributed by atoms with Gasteiger partial charge in [0.15, 0.2) is 22.3 Å². The summed E-state index contributed by atoms with van der Waals surface area (Å²) in [7, 11) is 0. The highest BCUT2D eigenvalue weighted by atomic mass is 32.1. The fraction of sp³-hybridized carbons (Fsp3) is 0.276. The third kappa shape index (κ3) is 6.66. The number of hydrogen-bond donors (Lipinski definition) is 3. The first-order valence-corrected chi connectivity index (χ1v) is 14.7. The third-order valence-corrected chi connectivity index (χ3v) is 7.82. The van der Waals surface area contributed by atoms with Gasteiger partial charge in [-0.1, -0.05) is 5.21 Å². The van der Waals surface area contributed by atoms with Gasteiger partial charge in [0.1, 0.15) is 18.2 Å². The van der Waals surface area contributed by atoms with Crippen molar-refractivity contribution in [3.8, 4) is 28.8 Å². The summed E-state index contributed by atoms with van der Waals surface area (Å²) in [6.45, 7) is 4.70. The van der Waals surface area contributed by atoms with Crippen molar-refractivity contribution in [2.45, 2.75) is 38.8 Å². The van der Waals surface area contributed by atoms with E-state index < -0.39 is 22.9 Å². The van der Waals surface area contributed by atoms with Crippen LogP contribution in [-0.4, -0.2) is 60.3 Å². The molecule has 1 aliphatic heterocycles. The normalized spacial score (nSPS) is 15.8. The van der Waals surface area contributed by atoms with Crippen LogP contribution in [0.1, 0.15) is 40.7 Å². The molecule has 0 radical (unpaired) electrons. The smallest absolute Gasteiger partial charge is 0.338 e. The molecule has 1 atom stereocenters. The second-order valence-electron chi connectivity index (χ2n) is 10.4. The number of carbonyl (C=O) groups excluding carboxylic acids is 1. The second-order valence-corrected chi connectivity index (χ2v) is 11.3. The third-order valence-electron chi connectivity index (χ3n) is 7.13. The average molecular weight is 635 g/mol. The highest BCUT2D eigenvalue weighted by molar-refractivity contribution is 7.13. The van der Waals surface area contributed by atoms with Gasteiger partial charge in [-0.25, -0.2) is 18.9 Å². The molecule has 4 heterocycles. The van der Waals surface area contributed by atoms with Crippen molar-refractivity contribution in [3.05, 3.63) is 76.5 Å². The topological polar surface area (TPSA) is 179 Å². The number of aromatic carboxylic acids is 1. The first-order valence-electron chi connectivity index (χ1n) is 13.8. The van der Waals surface area contributed by atoms with Gasteiger partial charge in [-0.3, -0.25) is 4.79 Å². The summed E-state index contributed by atoms with van der Waals surface area (Å²) in [5.41, 5.74) is 0.932. The van der Waals surface area contributed by atoms with E-state index >= 15 is 0 Å². The number of fused-ring (bicyclic) bond motifs is 1. The van der Waals surface area contributed by atoms with Gasteiger partial charge in [0, 0.05) is 43.1 Å². The van der Waals surface area contributed by atoms with Crippen molar-refractivity contribution in [1.29, 1.82) is 0 Å². The number of nitrogens with one attached hydrogen (secondary N) is 2. The summed E-state index contributed by atoms with van der Waals surface area (Å²) < 4.78 is 33.7. The summed E-state index contributed by atoms with van der Waals surface area (Å²) in [6.07, 6.45) is 4.04. The summed E-state index contributed by atoms with van der Waals surface area (Å²) in [4.78, 5) is 28.4. The Hall–Kier alpha value is -5.22. The Morgan fingerprint density at radius 1 is 1.22 bits per heavy atom.